The Morgan fingerprint density at radius 1 is 0.459 bits per heavy atom. The van der Waals surface area contributed by atoms with E-state index in [4.69, 9.17) is 73.4 Å². The molecule has 14 nitrogen and oxygen atoms in total. The molecule has 0 aromatic heterocycles. The summed E-state index contributed by atoms with van der Waals surface area (Å²) in [6.45, 7) is 6.48. The van der Waals surface area contributed by atoms with E-state index in [2.05, 4.69) is 20.8 Å². The summed E-state index contributed by atoms with van der Waals surface area (Å²) in [7, 11) is -12.1. The molecule has 0 radical (unpaired) electrons. The number of hydrogen-bond acceptors (Lipinski definition) is 14. The molecule has 0 aliphatic rings. The smallest absolute Gasteiger partial charge is 0.0662 e. The predicted octanol–water partition coefficient (Wildman–Crippen LogP) is 0.914. The van der Waals surface area contributed by atoms with Gasteiger partial charge in [-0.1, -0.05) is 0 Å². The van der Waals surface area contributed by atoms with Crippen LogP contribution in [0.15, 0.2) is 0 Å². The van der Waals surface area contributed by atoms with Crippen LogP contribution in [0.2, 0.25) is 4.01 Å². The Balaban J connectivity index is -0.0000000942. The van der Waals surface area contributed by atoms with E-state index in [0.717, 1.165) is 60.0 Å². The molecular weight excluding hydrogens is 730 g/mol. The number of nitriles is 12. The molecule has 183 valence electrons. The van der Waals surface area contributed by atoms with Gasteiger partial charge in [0.1, 0.15) is 0 Å². The molecule has 0 saturated carbocycles. The molecule has 0 atom stereocenters. The first-order chi connectivity index (χ1) is 15.9. The fraction of sp³-hybridized carbons (Fsp3) is 0.333. The molecule has 0 aromatic rings. The molecule has 0 aliphatic heterocycles. The van der Waals surface area contributed by atoms with Crippen LogP contribution in [0.5, 0.6) is 0 Å². The van der Waals surface area contributed by atoms with Gasteiger partial charge in [0, 0.05) is 39.0 Å². The fourth-order valence-electron chi connectivity index (χ4n) is 0.500. The second-order valence-corrected chi connectivity index (χ2v) is 21.5. The molecule has 0 rings (SSSR count). The average molecular weight is 745 g/mol. The maximum Gasteiger partial charge on any atom is 0.0662 e. The molecular formula is C18H15Co2N12O2Zn3. The number of aliphatic hydroxyl groups excluding tert-OH is 2. The van der Waals surface area contributed by atoms with Gasteiger partial charge in [0.05, 0.1) is 13.2 Å². The Morgan fingerprint density at radius 2 is 0.541 bits per heavy atom. The van der Waals surface area contributed by atoms with Crippen molar-refractivity contribution in [2.24, 2.45) is 0 Å². The quantitative estimate of drug-likeness (QED) is 0.353. The van der Waals surface area contributed by atoms with Gasteiger partial charge in [-0.3, -0.25) is 0 Å². The summed E-state index contributed by atoms with van der Waals surface area (Å²) in [5.41, 5.74) is 0. The average Bonchev–Trinajstić information content (AvgIpc) is 2.90. The number of rotatable bonds is 1. The minimum absolute atomic E-state index is 0. The van der Waals surface area contributed by atoms with Crippen LogP contribution < -0.4 is 0 Å². The predicted molar refractivity (Wildman–Crippen MR) is 101 cm³/mol. The van der Waals surface area contributed by atoms with Crippen molar-refractivity contribution in [1.29, 1.82) is 63.1 Å². The zero-order valence-corrected chi connectivity index (χ0v) is 30.9. The van der Waals surface area contributed by atoms with Crippen LogP contribution in [0.25, 0.3) is 0 Å². The summed E-state index contributed by atoms with van der Waals surface area (Å²) in [5.74, 6) is 0. The van der Waals surface area contributed by atoms with Crippen molar-refractivity contribution in [3.05, 3.63) is 0 Å². The first kappa shape index (κ1) is 46.9. The van der Waals surface area contributed by atoms with Crippen LogP contribution in [0.1, 0.15) is 20.8 Å². The molecule has 0 fully saturated rings. The number of aliphatic hydroxyl groups is 2. The van der Waals surface area contributed by atoms with Crippen LogP contribution >= 0.6 is 0 Å². The van der Waals surface area contributed by atoms with Gasteiger partial charge in [-0.05, 0) is 0 Å². The Bertz CT molecular complexity index is 1020. The van der Waals surface area contributed by atoms with Crippen molar-refractivity contribution in [2.45, 2.75) is 24.8 Å². The Hall–Kier alpha value is -3.32. The van der Waals surface area contributed by atoms with Gasteiger partial charge in [0.2, 0.25) is 0 Å². The van der Waals surface area contributed by atoms with E-state index in [-0.39, 0.29) is 52.2 Å². The van der Waals surface area contributed by atoms with Gasteiger partial charge >= 0.3 is 187 Å². The molecule has 0 unspecified atom stereocenters. The Labute approximate surface area is 247 Å². The fourth-order valence-corrected chi connectivity index (χ4v) is 2.06. The van der Waals surface area contributed by atoms with Crippen LogP contribution in [-0.2, 0) is 78.3 Å². The zero-order chi connectivity index (χ0) is 29.2. The topological polar surface area (TPSA) is 326 Å². The third-order valence-electron chi connectivity index (χ3n) is 2.34. The van der Waals surface area contributed by atoms with E-state index >= 15 is 0 Å². The first-order valence-electron chi connectivity index (χ1n) is 7.67. The molecule has 0 aliphatic carbocycles. The molecule has 0 aromatic carbocycles. The van der Waals surface area contributed by atoms with Gasteiger partial charge in [0.15, 0.2) is 0 Å². The van der Waals surface area contributed by atoms with Gasteiger partial charge in [-0.15, -0.1) is 0 Å². The van der Waals surface area contributed by atoms with Gasteiger partial charge in [-0.2, -0.15) is 0 Å². The van der Waals surface area contributed by atoms with E-state index in [1.165, 1.54) is 18.3 Å². The summed E-state index contributed by atoms with van der Waals surface area (Å²) in [5, 5.41) is 130. The van der Waals surface area contributed by atoms with E-state index in [9.17, 15) is 0 Å². The van der Waals surface area contributed by atoms with Gasteiger partial charge in [0.25, 0.3) is 0 Å². The maximum atomic E-state index is 8.58. The standard InChI is InChI=1S/C4H9.C2H6O2.12CN.2Co.3Zn/c1-4(2)3;3-1-2-4;12*1-2;;;;;/h1-3H3;3-4H,1-2H2;;;;;;;;;;;;;;;;;. The van der Waals surface area contributed by atoms with Crippen molar-refractivity contribution >= 4 is 0 Å². The largest absolute Gasteiger partial charge is 0.394 e. The summed E-state index contributed by atoms with van der Waals surface area (Å²) in [6.07, 6.45) is 0. The number of hydrogen-bond donors (Lipinski definition) is 2. The Kier molecular flexibility index (Phi) is 19.1. The van der Waals surface area contributed by atoms with Crippen LogP contribution in [-0.4, -0.2) is 23.4 Å². The first-order valence-corrected chi connectivity index (χ1v) is 15.4. The van der Waals surface area contributed by atoms with Crippen molar-refractivity contribution in [3.63, 3.8) is 0 Å². The summed E-state index contributed by atoms with van der Waals surface area (Å²) >= 11 is 1.40. The molecule has 0 bridgehead atoms. The maximum absolute atomic E-state index is 8.58. The Morgan fingerprint density at radius 3 is 0.541 bits per heavy atom. The second-order valence-electron chi connectivity index (χ2n) is 6.40. The van der Waals surface area contributed by atoms with E-state index in [1.807, 2.05) is 0 Å². The van der Waals surface area contributed by atoms with Crippen molar-refractivity contribution in [2.75, 3.05) is 13.2 Å². The molecule has 0 spiro atoms. The van der Waals surface area contributed by atoms with Crippen LogP contribution in [0.3, 0.4) is 0 Å². The molecule has 0 heterocycles. The third kappa shape index (κ3) is 9.25. The summed E-state index contributed by atoms with van der Waals surface area (Å²) < 4.78 is 0.625. The number of nitrogens with zero attached hydrogens (tertiary/aromatic N) is 12. The van der Waals surface area contributed by atoms with Crippen molar-refractivity contribution in [1.82, 2.24) is 0 Å². The van der Waals surface area contributed by atoms with Gasteiger partial charge < -0.3 is 10.2 Å². The summed E-state index contributed by atoms with van der Waals surface area (Å²) in [6, 6.07) is 0. The van der Waals surface area contributed by atoms with E-state index in [1.54, 1.807) is 0 Å². The molecule has 37 heavy (non-hydrogen) atoms. The normalized spacial score (nSPS) is 11.9. The molecule has 19 heteroatoms. The SMILES string of the molecule is C[C](C)(C)[Zn].N#[C][Co]([C]#N)([C]#N)([C]#N)([C]#N)[C]#N.N#[C][Co]([C]#N)([C]#N)([C]#N)([C]#N)[C]#N.OCCO.[Zn].[Zn]. The van der Waals surface area contributed by atoms with E-state index < -0.39 is 21.1 Å². The molecule has 0 saturated heterocycles. The van der Waals surface area contributed by atoms with Crippen molar-refractivity contribution in [3.8, 4) is 60.0 Å². The van der Waals surface area contributed by atoms with Crippen molar-refractivity contribution < 1.29 is 88.5 Å². The van der Waals surface area contributed by atoms with Gasteiger partial charge in [-0.25, -0.2) is 0 Å². The zero-order valence-electron chi connectivity index (χ0n) is 20.0. The molecule has 0 amide bonds. The second kappa shape index (κ2) is 15.1. The third-order valence-corrected chi connectivity index (χ3v) is 9.32. The van der Waals surface area contributed by atoms with E-state index in [0.29, 0.717) is 4.01 Å². The summed E-state index contributed by atoms with van der Waals surface area (Å²) in [4.78, 5) is 0. The monoisotopic (exact) mass is 741 g/mol. The minimum Gasteiger partial charge on any atom is -0.394 e. The van der Waals surface area contributed by atoms with Crippen LogP contribution in [0.4, 0.5) is 0 Å². The minimum atomic E-state index is -6.03. The molecule has 2 N–H and O–H groups in total. The van der Waals surface area contributed by atoms with Crippen LogP contribution in [0, 0.1) is 123 Å².